The highest BCUT2D eigenvalue weighted by atomic mass is 16.5. The highest BCUT2D eigenvalue weighted by molar-refractivity contribution is 5.17. The largest absolute Gasteiger partial charge is 0.370 e. The molecule has 19 heavy (non-hydrogen) atoms. The van der Waals surface area contributed by atoms with Gasteiger partial charge < -0.3 is 9.72 Å². The smallest absolute Gasteiger partial charge is 0.254 e. The molecule has 2 rings (SSSR count). The predicted molar refractivity (Wildman–Crippen MR) is 75.3 cm³/mol. The van der Waals surface area contributed by atoms with Crippen molar-refractivity contribution in [1.82, 2.24) is 9.97 Å². The maximum absolute atomic E-state index is 11.9. The molecule has 0 spiro atoms. The average Bonchev–Trinajstić information content (AvgIpc) is 2.36. The molecule has 1 aliphatic rings. The number of nitrogens with one attached hydrogen (secondary N) is 1. The molecule has 1 aliphatic carbocycles. The molecule has 0 aromatic carbocycles. The maximum Gasteiger partial charge on any atom is 0.254 e. The molecule has 0 radical (unpaired) electrons. The lowest BCUT2D eigenvalue weighted by Crippen LogP contribution is -2.39. The van der Waals surface area contributed by atoms with Gasteiger partial charge in [-0.1, -0.05) is 13.8 Å². The molecule has 4 nitrogen and oxygen atoms in total. The zero-order chi connectivity index (χ0) is 14.3. The van der Waals surface area contributed by atoms with E-state index in [2.05, 4.69) is 23.8 Å². The van der Waals surface area contributed by atoms with Crippen LogP contribution in [0.15, 0.2) is 4.79 Å². The fourth-order valence-corrected chi connectivity index (χ4v) is 2.73. The Kier molecular flexibility index (Phi) is 3.56. The maximum atomic E-state index is 11.9. The van der Waals surface area contributed by atoms with Crippen LogP contribution in [0.1, 0.15) is 56.6 Å². The third-order valence-electron chi connectivity index (χ3n) is 4.63. The van der Waals surface area contributed by atoms with E-state index in [-0.39, 0.29) is 5.56 Å². The van der Waals surface area contributed by atoms with Gasteiger partial charge >= 0.3 is 0 Å². The minimum Gasteiger partial charge on any atom is -0.370 e. The number of methoxy groups -OCH3 is 1. The van der Waals surface area contributed by atoms with E-state index in [9.17, 15) is 4.79 Å². The number of aryl methyl sites for hydroxylation is 1. The average molecular weight is 264 g/mol. The van der Waals surface area contributed by atoms with Gasteiger partial charge in [0.15, 0.2) is 0 Å². The first-order valence-corrected chi connectivity index (χ1v) is 6.93. The summed E-state index contributed by atoms with van der Waals surface area (Å²) in [5, 5.41) is 0. The predicted octanol–water partition coefficient (Wildman–Crippen LogP) is 2.83. The lowest BCUT2D eigenvalue weighted by Gasteiger charge is -2.41. The van der Waals surface area contributed by atoms with Gasteiger partial charge in [0.2, 0.25) is 0 Å². The van der Waals surface area contributed by atoms with Crippen LogP contribution >= 0.6 is 0 Å². The first kappa shape index (κ1) is 14.3. The van der Waals surface area contributed by atoms with E-state index in [4.69, 9.17) is 4.74 Å². The summed E-state index contributed by atoms with van der Waals surface area (Å²) in [5.74, 6) is 0.693. The molecular weight excluding hydrogens is 240 g/mol. The Morgan fingerprint density at radius 3 is 2.21 bits per heavy atom. The summed E-state index contributed by atoms with van der Waals surface area (Å²) < 4.78 is 5.78. The molecular formula is C15H24N2O2. The van der Waals surface area contributed by atoms with Crippen molar-refractivity contribution in [3.05, 3.63) is 27.4 Å². The van der Waals surface area contributed by atoms with Crippen molar-refractivity contribution in [3.63, 3.8) is 0 Å². The Balaban J connectivity index is 2.41. The second kappa shape index (κ2) is 4.75. The molecule has 106 valence electrons. The molecule has 0 saturated heterocycles. The van der Waals surface area contributed by atoms with Crippen molar-refractivity contribution < 1.29 is 4.74 Å². The van der Waals surface area contributed by atoms with E-state index in [1.54, 1.807) is 14.0 Å². The number of hydrogen-bond acceptors (Lipinski definition) is 3. The number of nitrogens with zero attached hydrogens (tertiary/aromatic N) is 1. The van der Waals surface area contributed by atoms with E-state index in [0.717, 1.165) is 31.4 Å². The van der Waals surface area contributed by atoms with Crippen molar-refractivity contribution in [3.8, 4) is 0 Å². The number of H-pyrrole nitrogens is 1. The van der Waals surface area contributed by atoms with Gasteiger partial charge in [-0.3, -0.25) is 4.79 Å². The fourth-order valence-electron chi connectivity index (χ4n) is 2.73. The zero-order valence-electron chi connectivity index (χ0n) is 12.6. The molecule has 4 heteroatoms. The standard InChI is InChI=1S/C15H24N2O2/c1-10-11(2)16-13(17-12(10)18)15(19-5)8-6-14(3,4)7-9-15/h6-9H2,1-5H3,(H,16,17,18). The molecule has 0 unspecified atom stereocenters. The number of rotatable bonds is 2. The minimum atomic E-state index is -0.423. The van der Waals surface area contributed by atoms with Crippen LogP contribution in [0.2, 0.25) is 0 Å². The SMILES string of the molecule is COC1(c2nc(C)c(C)c(=O)[nH]2)CCC(C)(C)CC1. The van der Waals surface area contributed by atoms with Crippen LogP contribution in [0.4, 0.5) is 0 Å². The Labute approximate surface area is 114 Å². The summed E-state index contributed by atoms with van der Waals surface area (Å²) in [6, 6.07) is 0. The van der Waals surface area contributed by atoms with Gasteiger partial charge in [0, 0.05) is 18.4 Å². The van der Waals surface area contributed by atoms with Crippen LogP contribution in [-0.2, 0) is 10.3 Å². The molecule has 1 heterocycles. The third kappa shape index (κ3) is 2.59. The van der Waals surface area contributed by atoms with Crippen molar-refractivity contribution in [2.45, 2.75) is 59.0 Å². The summed E-state index contributed by atoms with van der Waals surface area (Å²) in [4.78, 5) is 19.4. The van der Waals surface area contributed by atoms with E-state index in [1.165, 1.54) is 0 Å². The Bertz CT molecular complexity index is 521. The van der Waals surface area contributed by atoms with Crippen LogP contribution in [0.3, 0.4) is 0 Å². The second-order valence-electron chi connectivity index (χ2n) is 6.49. The molecule has 0 aliphatic heterocycles. The molecule has 0 amide bonds. The van der Waals surface area contributed by atoms with Crippen LogP contribution < -0.4 is 5.56 Å². The van der Waals surface area contributed by atoms with E-state index >= 15 is 0 Å². The molecule has 1 N–H and O–H groups in total. The lowest BCUT2D eigenvalue weighted by molar-refractivity contribution is -0.0732. The van der Waals surface area contributed by atoms with Crippen LogP contribution in [0, 0.1) is 19.3 Å². The van der Waals surface area contributed by atoms with Crippen molar-refractivity contribution in [2.75, 3.05) is 7.11 Å². The van der Waals surface area contributed by atoms with Crippen molar-refractivity contribution >= 4 is 0 Å². The molecule has 0 atom stereocenters. The number of aromatic nitrogens is 2. The monoisotopic (exact) mass is 264 g/mol. The van der Waals surface area contributed by atoms with Gasteiger partial charge in [0.05, 0.1) is 0 Å². The summed E-state index contributed by atoms with van der Waals surface area (Å²) in [5.41, 5.74) is 1.35. The summed E-state index contributed by atoms with van der Waals surface area (Å²) >= 11 is 0. The lowest BCUT2D eigenvalue weighted by atomic mass is 9.70. The number of hydrogen-bond donors (Lipinski definition) is 1. The van der Waals surface area contributed by atoms with Gasteiger partial charge in [-0.25, -0.2) is 4.98 Å². The number of aromatic amines is 1. The third-order valence-corrected chi connectivity index (χ3v) is 4.63. The topological polar surface area (TPSA) is 55.0 Å². The summed E-state index contributed by atoms with van der Waals surface area (Å²) in [6.45, 7) is 8.24. The Morgan fingerprint density at radius 2 is 1.74 bits per heavy atom. The molecule has 1 aromatic heterocycles. The van der Waals surface area contributed by atoms with Crippen LogP contribution in [0.25, 0.3) is 0 Å². The molecule has 1 fully saturated rings. The van der Waals surface area contributed by atoms with E-state index in [0.29, 0.717) is 16.8 Å². The summed E-state index contributed by atoms with van der Waals surface area (Å²) in [7, 11) is 1.72. The second-order valence-corrected chi connectivity index (χ2v) is 6.49. The Hall–Kier alpha value is -1.16. The number of ether oxygens (including phenoxy) is 1. The normalized spacial score (nSPS) is 21.3. The van der Waals surface area contributed by atoms with Gasteiger partial charge in [-0.05, 0) is 44.9 Å². The van der Waals surface area contributed by atoms with E-state index in [1.807, 2.05) is 6.92 Å². The highest BCUT2D eigenvalue weighted by Crippen LogP contribution is 2.45. The van der Waals surface area contributed by atoms with Gasteiger partial charge in [0.1, 0.15) is 11.4 Å². The van der Waals surface area contributed by atoms with Gasteiger partial charge in [-0.15, -0.1) is 0 Å². The van der Waals surface area contributed by atoms with Gasteiger partial charge in [-0.2, -0.15) is 0 Å². The molecule has 1 saturated carbocycles. The van der Waals surface area contributed by atoms with Crippen molar-refractivity contribution in [1.29, 1.82) is 0 Å². The first-order valence-electron chi connectivity index (χ1n) is 6.93. The zero-order valence-corrected chi connectivity index (χ0v) is 12.6. The highest BCUT2D eigenvalue weighted by Gasteiger charge is 2.41. The van der Waals surface area contributed by atoms with Gasteiger partial charge in [0.25, 0.3) is 5.56 Å². The first-order chi connectivity index (χ1) is 8.80. The fraction of sp³-hybridized carbons (Fsp3) is 0.733. The quantitative estimate of drug-likeness (QED) is 0.893. The molecule has 1 aromatic rings. The summed E-state index contributed by atoms with van der Waals surface area (Å²) in [6.07, 6.45) is 3.97. The van der Waals surface area contributed by atoms with Crippen LogP contribution in [-0.4, -0.2) is 17.1 Å². The Morgan fingerprint density at radius 1 is 1.16 bits per heavy atom. The van der Waals surface area contributed by atoms with E-state index < -0.39 is 5.60 Å². The van der Waals surface area contributed by atoms with Crippen molar-refractivity contribution in [2.24, 2.45) is 5.41 Å². The minimum absolute atomic E-state index is 0.0521. The van der Waals surface area contributed by atoms with Crippen LogP contribution in [0.5, 0.6) is 0 Å². The molecule has 0 bridgehead atoms.